The van der Waals surface area contributed by atoms with Crippen LogP contribution in [0.2, 0.25) is 0 Å². The first-order valence-corrected chi connectivity index (χ1v) is 11.4. The first kappa shape index (κ1) is 24.9. The molecule has 0 radical (unpaired) electrons. The smallest absolute Gasteiger partial charge is 0.317 e. The molecule has 9 heteroatoms. The second-order valence-electron chi connectivity index (χ2n) is 8.28. The third-order valence-electron chi connectivity index (χ3n) is 5.87. The molecular weight excluding hydrogens is 434 g/mol. The van der Waals surface area contributed by atoms with Crippen LogP contribution in [-0.4, -0.2) is 59.2 Å². The number of aliphatic carboxylic acids is 1. The van der Waals surface area contributed by atoms with Gasteiger partial charge in [-0.25, -0.2) is 0 Å². The van der Waals surface area contributed by atoms with Crippen molar-refractivity contribution in [3.05, 3.63) is 71.3 Å². The number of hydrogen-bond acceptors (Lipinski definition) is 6. The largest absolute Gasteiger partial charge is 0.480 e. The normalized spacial score (nSPS) is 16.5. The summed E-state index contributed by atoms with van der Waals surface area (Å²) in [6, 6.07) is 15.9. The summed E-state index contributed by atoms with van der Waals surface area (Å²) in [5.74, 6) is 3.68. The zero-order valence-corrected chi connectivity index (χ0v) is 19.0. The van der Waals surface area contributed by atoms with Crippen LogP contribution >= 0.6 is 0 Å². The van der Waals surface area contributed by atoms with Crippen molar-refractivity contribution in [3.8, 4) is 0 Å². The van der Waals surface area contributed by atoms with E-state index in [0.29, 0.717) is 32.4 Å². The molecule has 1 aliphatic rings. The van der Waals surface area contributed by atoms with Crippen molar-refractivity contribution in [2.24, 2.45) is 10.9 Å². The van der Waals surface area contributed by atoms with Crippen LogP contribution < -0.4 is 16.5 Å². The Morgan fingerprint density at radius 2 is 1.85 bits per heavy atom. The average molecular weight is 466 g/mol. The van der Waals surface area contributed by atoms with Gasteiger partial charge in [-0.1, -0.05) is 54.6 Å². The highest BCUT2D eigenvalue weighted by atomic mass is 16.4. The molecule has 180 valence electrons. The summed E-state index contributed by atoms with van der Waals surface area (Å²) in [5.41, 5.74) is 2.85. The average Bonchev–Trinajstić information content (AvgIpc) is 3.34. The summed E-state index contributed by atoms with van der Waals surface area (Å²) in [5, 5.41) is 18.4. The van der Waals surface area contributed by atoms with Crippen LogP contribution in [0.5, 0.6) is 0 Å². The molecule has 1 unspecified atom stereocenters. The highest BCUT2D eigenvalue weighted by Gasteiger charge is 2.37. The molecule has 5 N–H and O–H groups in total. The van der Waals surface area contributed by atoms with E-state index in [1.807, 2.05) is 54.6 Å². The predicted molar refractivity (Wildman–Crippen MR) is 129 cm³/mol. The number of carboxylic acid groups (broad SMARTS) is 1. The SMILES string of the molecule is NN=Cc1ccc(CNC(=O)[C@@H]2CCCN2C(=O)C(CCc2ccccc2)NCC(=O)O)cc1. The molecular formula is C25H31N5O4. The number of hydrazone groups is 1. The number of carboxylic acids is 1. The van der Waals surface area contributed by atoms with Crippen molar-refractivity contribution >= 4 is 24.0 Å². The van der Waals surface area contributed by atoms with Crippen LogP contribution in [-0.2, 0) is 27.3 Å². The van der Waals surface area contributed by atoms with Gasteiger partial charge in [-0.2, -0.15) is 5.10 Å². The van der Waals surface area contributed by atoms with Gasteiger partial charge in [0.25, 0.3) is 0 Å². The van der Waals surface area contributed by atoms with Gasteiger partial charge in [0.2, 0.25) is 11.8 Å². The van der Waals surface area contributed by atoms with Crippen molar-refractivity contribution in [2.45, 2.75) is 44.3 Å². The minimum absolute atomic E-state index is 0.210. The molecule has 1 heterocycles. The summed E-state index contributed by atoms with van der Waals surface area (Å²) in [6.45, 7) is 0.494. The number of hydrogen-bond donors (Lipinski definition) is 4. The fourth-order valence-corrected chi connectivity index (χ4v) is 4.10. The van der Waals surface area contributed by atoms with Crippen molar-refractivity contribution in [2.75, 3.05) is 13.1 Å². The molecule has 1 saturated heterocycles. The molecule has 0 aliphatic carbocycles. The summed E-state index contributed by atoms with van der Waals surface area (Å²) in [7, 11) is 0. The Morgan fingerprint density at radius 3 is 2.53 bits per heavy atom. The van der Waals surface area contributed by atoms with Crippen LogP contribution in [0.4, 0.5) is 0 Å². The number of benzene rings is 2. The Balaban J connectivity index is 1.61. The lowest BCUT2D eigenvalue weighted by Crippen LogP contribution is -2.53. The van der Waals surface area contributed by atoms with E-state index in [1.165, 1.54) is 6.21 Å². The maximum Gasteiger partial charge on any atom is 0.317 e. The van der Waals surface area contributed by atoms with E-state index in [-0.39, 0.29) is 18.4 Å². The van der Waals surface area contributed by atoms with Crippen LogP contribution in [0.15, 0.2) is 59.7 Å². The second-order valence-corrected chi connectivity index (χ2v) is 8.28. The minimum atomic E-state index is -1.03. The number of rotatable bonds is 11. The molecule has 0 saturated carbocycles. The summed E-state index contributed by atoms with van der Waals surface area (Å²) >= 11 is 0. The minimum Gasteiger partial charge on any atom is -0.480 e. The van der Waals surface area contributed by atoms with Crippen LogP contribution in [0.3, 0.4) is 0 Å². The number of nitrogens with one attached hydrogen (secondary N) is 2. The number of amides is 2. The molecule has 34 heavy (non-hydrogen) atoms. The number of aryl methyl sites for hydroxylation is 1. The van der Waals surface area contributed by atoms with Crippen molar-refractivity contribution in [3.63, 3.8) is 0 Å². The van der Waals surface area contributed by atoms with E-state index >= 15 is 0 Å². The molecule has 0 aromatic heterocycles. The van der Waals surface area contributed by atoms with E-state index in [0.717, 1.165) is 23.1 Å². The van der Waals surface area contributed by atoms with Gasteiger partial charge in [0.1, 0.15) is 6.04 Å². The van der Waals surface area contributed by atoms with Gasteiger partial charge < -0.3 is 21.2 Å². The number of carbonyl (C=O) groups is 3. The first-order valence-electron chi connectivity index (χ1n) is 11.4. The van der Waals surface area contributed by atoms with E-state index in [4.69, 9.17) is 10.9 Å². The summed E-state index contributed by atoms with van der Waals surface area (Å²) in [4.78, 5) is 38.9. The molecule has 1 fully saturated rings. The van der Waals surface area contributed by atoms with Crippen molar-refractivity contribution < 1.29 is 19.5 Å². The molecule has 3 rings (SSSR count). The van der Waals surface area contributed by atoms with E-state index < -0.39 is 18.1 Å². The third-order valence-corrected chi connectivity index (χ3v) is 5.87. The number of likely N-dealkylation sites (tertiary alicyclic amines) is 1. The van der Waals surface area contributed by atoms with Gasteiger partial charge in [-0.05, 0) is 42.4 Å². The Labute approximate surface area is 199 Å². The molecule has 2 aromatic rings. The Hall–Kier alpha value is -3.72. The maximum absolute atomic E-state index is 13.3. The first-order chi connectivity index (χ1) is 16.5. The number of carbonyl (C=O) groups excluding carboxylic acids is 2. The van der Waals surface area contributed by atoms with Gasteiger partial charge in [0.05, 0.1) is 18.8 Å². The van der Waals surface area contributed by atoms with Gasteiger partial charge in [-0.15, -0.1) is 0 Å². The lowest BCUT2D eigenvalue weighted by molar-refractivity contribution is -0.141. The molecule has 1 aliphatic heterocycles. The predicted octanol–water partition coefficient (Wildman–Crippen LogP) is 1.26. The lowest BCUT2D eigenvalue weighted by Gasteiger charge is -2.28. The molecule has 2 amide bonds. The molecule has 0 spiro atoms. The summed E-state index contributed by atoms with van der Waals surface area (Å²) < 4.78 is 0. The maximum atomic E-state index is 13.3. The van der Waals surface area contributed by atoms with Gasteiger partial charge >= 0.3 is 5.97 Å². The molecule has 2 aromatic carbocycles. The number of nitrogens with zero attached hydrogens (tertiary/aromatic N) is 2. The monoisotopic (exact) mass is 465 g/mol. The van der Waals surface area contributed by atoms with Gasteiger partial charge in [-0.3, -0.25) is 19.7 Å². The van der Waals surface area contributed by atoms with Crippen LogP contribution in [0.1, 0.15) is 36.0 Å². The van der Waals surface area contributed by atoms with Gasteiger partial charge in [0.15, 0.2) is 0 Å². The zero-order valence-electron chi connectivity index (χ0n) is 19.0. The third kappa shape index (κ3) is 7.14. The highest BCUT2D eigenvalue weighted by molar-refractivity contribution is 5.90. The van der Waals surface area contributed by atoms with Crippen LogP contribution in [0, 0.1) is 0 Å². The standard InChI is InChI=1S/C25H31N5O4/c26-29-16-20-10-8-19(9-11-20)15-28-24(33)22-7-4-14-30(22)25(34)21(27-17-23(31)32)13-12-18-5-2-1-3-6-18/h1-3,5-6,8-11,16,21-22,27H,4,7,12-15,17,26H2,(H,28,33)(H,31,32)/t21?,22-/m0/s1. The lowest BCUT2D eigenvalue weighted by atomic mass is 10.0. The van der Waals surface area contributed by atoms with Gasteiger partial charge in [0, 0.05) is 13.1 Å². The molecule has 9 nitrogen and oxygen atoms in total. The van der Waals surface area contributed by atoms with Crippen LogP contribution in [0.25, 0.3) is 0 Å². The molecule has 0 bridgehead atoms. The fourth-order valence-electron chi connectivity index (χ4n) is 4.10. The fraction of sp³-hybridized carbons (Fsp3) is 0.360. The molecule has 2 atom stereocenters. The second kappa shape index (κ2) is 12.5. The topological polar surface area (TPSA) is 137 Å². The highest BCUT2D eigenvalue weighted by Crippen LogP contribution is 2.20. The Kier molecular flexibility index (Phi) is 9.16. The zero-order chi connectivity index (χ0) is 24.3. The van der Waals surface area contributed by atoms with Crippen molar-refractivity contribution in [1.29, 1.82) is 0 Å². The summed E-state index contributed by atoms with van der Waals surface area (Å²) in [6.07, 6.45) is 3.91. The Morgan fingerprint density at radius 1 is 1.12 bits per heavy atom. The van der Waals surface area contributed by atoms with E-state index in [1.54, 1.807) is 4.90 Å². The van der Waals surface area contributed by atoms with E-state index in [2.05, 4.69) is 15.7 Å². The Bertz CT molecular complexity index is 994. The number of nitrogens with two attached hydrogens (primary N) is 1. The van der Waals surface area contributed by atoms with Crippen molar-refractivity contribution in [1.82, 2.24) is 15.5 Å². The quantitative estimate of drug-likeness (QED) is 0.224. The van der Waals surface area contributed by atoms with E-state index in [9.17, 15) is 14.4 Å².